The first-order chi connectivity index (χ1) is 10.2. The van der Waals surface area contributed by atoms with Gasteiger partial charge in [0.2, 0.25) is 0 Å². The maximum absolute atomic E-state index is 6.01. The van der Waals surface area contributed by atoms with Crippen molar-refractivity contribution < 1.29 is 9.47 Å². The molecule has 0 spiro atoms. The van der Waals surface area contributed by atoms with Crippen LogP contribution in [0.1, 0.15) is 58.4 Å². The summed E-state index contributed by atoms with van der Waals surface area (Å²) in [6, 6.07) is 6.54. The number of hydrogen-bond acceptors (Lipinski definition) is 3. The van der Waals surface area contributed by atoms with E-state index in [9.17, 15) is 0 Å². The number of nitrogens with one attached hydrogen (secondary N) is 1. The molecule has 3 heteroatoms. The molecule has 0 aliphatic heterocycles. The fourth-order valence-electron chi connectivity index (χ4n) is 2.22. The molecule has 3 nitrogen and oxygen atoms in total. The molecule has 21 heavy (non-hydrogen) atoms. The average Bonchev–Trinajstić information content (AvgIpc) is 2.49. The van der Waals surface area contributed by atoms with Gasteiger partial charge in [0.05, 0.1) is 13.7 Å². The molecule has 0 saturated heterocycles. The van der Waals surface area contributed by atoms with Crippen molar-refractivity contribution in [1.82, 2.24) is 5.32 Å². The summed E-state index contributed by atoms with van der Waals surface area (Å²) in [6.45, 7) is 8.10. The minimum Gasteiger partial charge on any atom is -0.493 e. The van der Waals surface area contributed by atoms with Crippen LogP contribution in [0.2, 0.25) is 0 Å². The van der Waals surface area contributed by atoms with E-state index in [1.54, 1.807) is 7.11 Å². The molecule has 0 saturated carbocycles. The van der Waals surface area contributed by atoms with Crippen molar-refractivity contribution in [3.05, 3.63) is 23.8 Å². The Bertz CT molecular complexity index is 391. The van der Waals surface area contributed by atoms with Crippen molar-refractivity contribution in [2.75, 3.05) is 13.7 Å². The van der Waals surface area contributed by atoms with Gasteiger partial charge >= 0.3 is 0 Å². The molecule has 0 radical (unpaired) electrons. The van der Waals surface area contributed by atoms with Gasteiger partial charge in [0, 0.05) is 18.2 Å². The van der Waals surface area contributed by atoms with Crippen LogP contribution in [0.4, 0.5) is 0 Å². The third-order valence-electron chi connectivity index (χ3n) is 3.48. The van der Waals surface area contributed by atoms with Crippen LogP contribution in [0.5, 0.6) is 11.5 Å². The highest BCUT2D eigenvalue weighted by molar-refractivity contribution is 5.46. The summed E-state index contributed by atoms with van der Waals surface area (Å²) in [5.74, 6) is 1.72. The van der Waals surface area contributed by atoms with Crippen LogP contribution in [0.25, 0.3) is 0 Å². The lowest BCUT2D eigenvalue weighted by Gasteiger charge is -2.16. The molecule has 0 heterocycles. The molecule has 0 fully saturated rings. The molecule has 120 valence electrons. The van der Waals surface area contributed by atoms with E-state index in [1.165, 1.54) is 25.7 Å². The van der Waals surface area contributed by atoms with Crippen LogP contribution in [-0.4, -0.2) is 19.8 Å². The van der Waals surface area contributed by atoms with Crippen LogP contribution < -0.4 is 14.8 Å². The van der Waals surface area contributed by atoms with Gasteiger partial charge in [-0.15, -0.1) is 0 Å². The number of para-hydroxylation sites is 1. The second kappa shape index (κ2) is 10.5. The van der Waals surface area contributed by atoms with Gasteiger partial charge in [0.15, 0.2) is 11.5 Å². The van der Waals surface area contributed by atoms with E-state index in [0.717, 1.165) is 36.6 Å². The lowest BCUT2D eigenvalue weighted by molar-refractivity contribution is 0.281. The number of unbranched alkanes of at least 4 members (excludes halogenated alkanes) is 4. The molecule has 1 rings (SSSR count). The first-order valence-corrected chi connectivity index (χ1v) is 8.21. The molecule has 0 aromatic heterocycles. The van der Waals surface area contributed by atoms with Crippen molar-refractivity contribution in [3.63, 3.8) is 0 Å². The van der Waals surface area contributed by atoms with Gasteiger partial charge in [-0.3, -0.25) is 0 Å². The second-order valence-corrected chi connectivity index (χ2v) is 5.75. The monoisotopic (exact) mass is 293 g/mol. The Morgan fingerprint density at radius 3 is 2.52 bits per heavy atom. The van der Waals surface area contributed by atoms with E-state index in [4.69, 9.17) is 9.47 Å². The summed E-state index contributed by atoms with van der Waals surface area (Å²) < 4.78 is 11.4. The van der Waals surface area contributed by atoms with Gasteiger partial charge in [-0.25, -0.2) is 0 Å². The predicted molar refractivity (Wildman–Crippen MR) is 89.2 cm³/mol. The lowest BCUT2D eigenvalue weighted by Crippen LogP contribution is -2.22. The van der Waals surface area contributed by atoms with E-state index < -0.39 is 0 Å². The molecule has 0 aliphatic rings. The van der Waals surface area contributed by atoms with Crippen LogP contribution in [-0.2, 0) is 6.54 Å². The molecule has 0 amide bonds. The van der Waals surface area contributed by atoms with Gasteiger partial charge in [-0.2, -0.15) is 0 Å². The van der Waals surface area contributed by atoms with E-state index in [0.29, 0.717) is 6.04 Å². The Labute approximate surface area is 130 Å². The Kier molecular flexibility index (Phi) is 8.91. The van der Waals surface area contributed by atoms with Gasteiger partial charge in [0.1, 0.15) is 0 Å². The third-order valence-corrected chi connectivity index (χ3v) is 3.48. The summed E-state index contributed by atoms with van der Waals surface area (Å²) in [5.41, 5.74) is 1.16. The average molecular weight is 293 g/mol. The first kappa shape index (κ1) is 17.8. The highest BCUT2D eigenvalue weighted by atomic mass is 16.5. The van der Waals surface area contributed by atoms with Crippen LogP contribution in [0.15, 0.2) is 18.2 Å². The lowest BCUT2D eigenvalue weighted by atomic mass is 10.1. The molecule has 1 N–H and O–H groups in total. The second-order valence-electron chi connectivity index (χ2n) is 5.75. The van der Waals surface area contributed by atoms with Crippen LogP contribution in [0.3, 0.4) is 0 Å². The maximum Gasteiger partial charge on any atom is 0.165 e. The zero-order valence-electron chi connectivity index (χ0n) is 14.1. The number of methoxy groups -OCH3 is 1. The Morgan fingerprint density at radius 1 is 1.10 bits per heavy atom. The molecule has 0 aliphatic carbocycles. The summed E-state index contributed by atoms with van der Waals surface area (Å²) in [4.78, 5) is 0. The van der Waals surface area contributed by atoms with Gasteiger partial charge < -0.3 is 14.8 Å². The van der Waals surface area contributed by atoms with Crippen molar-refractivity contribution in [1.29, 1.82) is 0 Å². The largest absolute Gasteiger partial charge is 0.493 e. The molecule has 1 aromatic carbocycles. The van der Waals surface area contributed by atoms with Crippen LogP contribution in [0, 0.1) is 0 Å². The zero-order valence-corrected chi connectivity index (χ0v) is 14.1. The number of benzene rings is 1. The van der Waals surface area contributed by atoms with Gasteiger partial charge in [-0.05, 0) is 12.5 Å². The summed E-state index contributed by atoms with van der Waals surface area (Å²) in [5, 5.41) is 3.44. The molecule has 0 bridgehead atoms. The SMILES string of the molecule is CCCCCCCOc1c(CNC(C)C)cccc1OC. The standard InChI is InChI=1S/C18H31NO2/c1-5-6-7-8-9-13-21-18-16(14-19-15(2)3)11-10-12-17(18)20-4/h10-12,15,19H,5-9,13-14H2,1-4H3. The predicted octanol–water partition coefficient (Wildman–Crippen LogP) is 4.54. The van der Waals surface area contributed by atoms with Crippen molar-refractivity contribution in [2.45, 2.75) is 65.5 Å². The van der Waals surface area contributed by atoms with E-state index in [-0.39, 0.29) is 0 Å². The highest BCUT2D eigenvalue weighted by Gasteiger charge is 2.10. The molecule has 0 unspecified atom stereocenters. The van der Waals surface area contributed by atoms with Crippen LogP contribution >= 0.6 is 0 Å². The van der Waals surface area contributed by atoms with Gasteiger partial charge in [-0.1, -0.05) is 58.6 Å². The first-order valence-electron chi connectivity index (χ1n) is 8.21. The Balaban J connectivity index is 2.55. The summed E-state index contributed by atoms with van der Waals surface area (Å²) in [6.07, 6.45) is 6.24. The number of hydrogen-bond donors (Lipinski definition) is 1. The summed E-state index contributed by atoms with van der Waals surface area (Å²) in [7, 11) is 1.70. The fraction of sp³-hybridized carbons (Fsp3) is 0.667. The van der Waals surface area contributed by atoms with Crippen molar-refractivity contribution >= 4 is 0 Å². The maximum atomic E-state index is 6.01. The molecule has 0 atom stereocenters. The minimum absolute atomic E-state index is 0.457. The number of rotatable bonds is 11. The quantitative estimate of drug-likeness (QED) is 0.607. The summed E-state index contributed by atoms with van der Waals surface area (Å²) >= 11 is 0. The van der Waals surface area contributed by atoms with E-state index in [1.807, 2.05) is 12.1 Å². The third kappa shape index (κ3) is 6.85. The van der Waals surface area contributed by atoms with Gasteiger partial charge in [0.25, 0.3) is 0 Å². The topological polar surface area (TPSA) is 30.5 Å². The van der Waals surface area contributed by atoms with E-state index in [2.05, 4.69) is 32.2 Å². The smallest absolute Gasteiger partial charge is 0.165 e. The minimum atomic E-state index is 0.457. The van der Waals surface area contributed by atoms with E-state index >= 15 is 0 Å². The molecular weight excluding hydrogens is 262 g/mol. The Hall–Kier alpha value is -1.22. The zero-order chi connectivity index (χ0) is 15.5. The van der Waals surface area contributed by atoms with Crippen molar-refractivity contribution in [3.8, 4) is 11.5 Å². The highest BCUT2D eigenvalue weighted by Crippen LogP contribution is 2.31. The fourth-order valence-corrected chi connectivity index (χ4v) is 2.22. The van der Waals surface area contributed by atoms with Crippen molar-refractivity contribution in [2.24, 2.45) is 0 Å². The number of ether oxygens (including phenoxy) is 2. The molecular formula is C18H31NO2. The normalized spacial score (nSPS) is 10.9. The Morgan fingerprint density at radius 2 is 1.86 bits per heavy atom. The molecule has 1 aromatic rings.